The number of thiophene rings is 1. The molecule has 0 atom stereocenters. The molecule has 1 N–H and O–H groups in total. The van der Waals surface area contributed by atoms with Gasteiger partial charge in [-0.15, -0.1) is 0 Å². The molecule has 3 nitrogen and oxygen atoms in total. The van der Waals surface area contributed by atoms with Crippen molar-refractivity contribution in [2.75, 3.05) is 7.11 Å². The zero-order valence-corrected chi connectivity index (χ0v) is 8.41. The smallest absolute Gasteiger partial charge is 0.173 e. The Morgan fingerprint density at radius 1 is 1.29 bits per heavy atom. The summed E-state index contributed by atoms with van der Waals surface area (Å²) in [5.74, 6) is 0.178. The van der Waals surface area contributed by atoms with E-state index in [1.807, 2.05) is 12.1 Å². The molecule has 14 heavy (non-hydrogen) atoms. The van der Waals surface area contributed by atoms with Crippen molar-refractivity contribution in [1.82, 2.24) is 4.98 Å². The molecule has 0 aliphatic carbocycles. The fourth-order valence-electron chi connectivity index (χ4n) is 1.10. The molecule has 0 saturated carbocycles. The Labute approximate surface area is 85.6 Å². The van der Waals surface area contributed by atoms with Crippen molar-refractivity contribution in [1.29, 1.82) is 0 Å². The molecule has 0 radical (unpaired) electrons. The van der Waals surface area contributed by atoms with E-state index in [1.54, 1.807) is 19.2 Å². The highest BCUT2D eigenvalue weighted by Gasteiger charge is 2.03. The lowest BCUT2D eigenvalue weighted by atomic mass is 10.3. The maximum absolute atomic E-state index is 9.07. The van der Waals surface area contributed by atoms with E-state index in [0.717, 1.165) is 15.6 Å². The van der Waals surface area contributed by atoms with Crippen LogP contribution in [0.1, 0.15) is 0 Å². The third-order valence-electron chi connectivity index (χ3n) is 1.78. The van der Waals surface area contributed by atoms with Gasteiger partial charge in [-0.3, -0.25) is 4.98 Å². The molecule has 0 aliphatic heterocycles. The zero-order valence-electron chi connectivity index (χ0n) is 7.60. The van der Waals surface area contributed by atoms with E-state index in [0.29, 0.717) is 0 Å². The number of hydrogen-bond acceptors (Lipinski definition) is 4. The summed E-state index contributed by atoms with van der Waals surface area (Å²) in [5.41, 5.74) is 0.844. The van der Waals surface area contributed by atoms with E-state index in [2.05, 4.69) is 4.98 Å². The Balaban J connectivity index is 2.34. The molecule has 72 valence electrons. The Bertz CT molecular complexity index is 422. The van der Waals surface area contributed by atoms with Gasteiger partial charge in [-0.25, -0.2) is 0 Å². The number of rotatable bonds is 2. The van der Waals surface area contributed by atoms with Gasteiger partial charge in [-0.05, 0) is 24.3 Å². The molecule has 4 heteroatoms. The number of methoxy groups -OCH3 is 1. The van der Waals surface area contributed by atoms with Crippen molar-refractivity contribution in [3.8, 4) is 21.4 Å². The van der Waals surface area contributed by atoms with E-state index < -0.39 is 0 Å². The average molecular weight is 207 g/mol. The summed E-state index contributed by atoms with van der Waals surface area (Å²) in [5, 5.41) is 9.93. The van der Waals surface area contributed by atoms with Gasteiger partial charge in [0.2, 0.25) is 0 Å². The van der Waals surface area contributed by atoms with Crippen molar-refractivity contribution < 1.29 is 9.84 Å². The van der Waals surface area contributed by atoms with Gasteiger partial charge in [0.25, 0.3) is 0 Å². The molecule has 2 aromatic heterocycles. The molecule has 0 spiro atoms. The summed E-state index contributed by atoms with van der Waals surface area (Å²) in [7, 11) is 1.64. The number of aromatic nitrogens is 1. The van der Waals surface area contributed by atoms with Crippen molar-refractivity contribution >= 4 is 11.3 Å². The minimum Gasteiger partial charge on any atom is -0.506 e. The first-order chi connectivity index (χ1) is 6.79. The lowest BCUT2D eigenvalue weighted by Crippen LogP contribution is -1.77. The molecule has 0 aromatic carbocycles. The normalized spacial score (nSPS) is 10.1. The first-order valence-corrected chi connectivity index (χ1v) is 4.90. The second-order valence-electron chi connectivity index (χ2n) is 2.72. The SMILES string of the molecule is COc1ccc(-c2ccc(O)cn2)s1. The minimum atomic E-state index is 0.178. The highest BCUT2D eigenvalue weighted by Crippen LogP contribution is 2.31. The largest absolute Gasteiger partial charge is 0.506 e. The van der Waals surface area contributed by atoms with E-state index in [9.17, 15) is 0 Å². The number of hydrogen-bond donors (Lipinski definition) is 1. The van der Waals surface area contributed by atoms with Gasteiger partial charge in [-0.1, -0.05) is 11.3 Å². The third-order valence-corrected chi connectivity index (χ3v) is 2.85. The van der Waals surface area contributed by atoms with Crippen LogP contribution in [-0.2, 0) is 0 Å². The number of ether oxygens (including phenoxy) is 1. The van der Waals surface area contributed by atoms with Gasteiger partial charge in [0, 0.05) is 0 Å². The Kier molecular flexibility index (Phi) is 2.37. The molecule has 0 fully saturated rings. The zero-order chi connectivity index (χ0) is 9.97. The van der Waals surface area contributed by atoms with Gasteiger partial charge >= 0.3 is 0 Å². The van der Waals surface area contributed by atoms with Crippen LogP contribution in [0.5, 0.6) is 10.8 Å². The maximum atomic E-state index is 9.07. The van der Waals surface area contributed by atoms with Crippen LogP contribution in [0.15, 0.2) is 30.5 Å². The fourth-order valence-corrected chi connectivity index (χ4v) is 1.90. The van der Waals surface area contributed by atoms with Gasteiger partial charge < -0.3 is 9.84 Å². The number of aromatic hydroxyl groups is 1. The van der Waals surface area contributed by atoms with Crippen LogP contribution < -0.4 is 4.74 Å². The molecule has 2 rings (SSSR count). The van der Waals surface area contributed by atoms with E-state index in [4.69, 9.17) is 9.84 Å². The monoisotopic (exact) mass is 207 g/mol. The summed E-state index contributed by atoms with van der Waals surface area (Å²) in [4.78, 5) is 5.13. The summed E-state index contributed by atoms with van der Waals surface area (Å²) >= 11 is 1.53. The van der Waals surface area contributed by atoms with Gasteiger partial charge in [0.05, 0.1) is 23.9 Å². The molecule has 2 aromatic rings. The summed E-state index contributed by atoms with van der Waals surface area (Å²) in [6.07, 6.45) is 1.43. The molecule has 0 amide bonds. The van der Waals surface area contributed by atoms with Crippen LogP contribution in [0.25, 0.3) is 10.6 Å². The van der Waals surface area contributed by atoms with Crippen LogP contribution >= 0.6 is 11.3 Å². The maximum Gasteiger partial charge on any atom is 0.173 e. The van der Waals surface area contributed by atoms with E-state index in [-0.39, 0.29) is 5.75 Å². The van der Waals surface area contributed by atoms with Crippen LogP contribution in [0.3, 0.4) is 0 Å². The first kappa shape index (κ1) is 9.02. The highest BCUT2D eigenvalue weighted by molar-refractivity contribution is 7.17. The molecule has 0 aliphatic rings. The lowest BCUT2D eigenvalue weighted by Gasteiger charge is -1.95. The summed E-state index contributed by atoms with van der Waals surface area (Å²) < 4.78 is 5.08. The number of pyridine rings is 1. The number of nitrogens with zero attached hydrogens (tertiary/aromatic N) is 1. The highest BCUT2D eigenvalue weighted by atomic mass is 32.1. The van der Waals surface area contributed by atoms with E-state index >= 15 is 0 Å². The first-order valence-electron chi connectivity index (χ1n) is 4.09. The Morgan fingerprint density at radius 2 is 2.14 bits per heavy atom. The van der Waals surface area contributed by atoms with Crippen LogP contribution in [-0.4, -0.2) is 17.2 Å². The molecule has 0 saturated heterocycles. The van der Waals surface area contributed by atoms with E-state index in [1.165, 1.54) is 17.5 Å². The van der Waals surface area contributed by atoms with Gasteiger partial charge in [-0.2, -0.15) is 0 Å². The molecular weight excluding hydrogens is 198 g/mol. The van der Waals surface area contributed by atoms with Crippen LogP contribution in [0.4, 0.5) is 0 Å². The van der Waals surface area contributed by atoms with Crippen molar-refractivity contribution in [2.24, 2.45) is 0 Å². The third kappa shape index (κ3) is 1.70. The van der Waals surface area contributed by atoms with Gasteiger partial charge in [0.15, 0.2) is 5.06 Å². The quantitative estimate of drug-likeness (QED) is 0.822. The molecule has 2 heterocycles. The van der Waals surface area contributed by atoms with Crippen LogP contribution in [0, 0.1) is 0 Å². The summed E-state index contributed by atoms with van der Waals surface area (Å²) in [6.45, 7) is 0. The topological polar surface area (TPSA) is 42.4 Å². The van der Waals surface area contributed by atoms with Crippen molar-refractivity contribution in [2.45, 2.75) is 0 Å². The fraction of sp³-hybridized carbons (Fsp3) is 0.100. The lowest BCUT2D eigenvalue weighted by molar-refractivity contribution is 0.427. The standard InChI is InChI=1S/C10H9NO2S/c1-13-10-5-4-9(14-10)8-3-2-7(12)6-11-8/h2-6,12H,1H3. The minimum absolute atomic E-state index is 0.178. The average Bonchev–Trinajstić information content (AvgIpc) is 2.67. The molecule has 0 unspecified atom stereocenters. The van der Waals surface area contributed by atoms with Crippen molar-refractivity contribution in [3.63, 3.8) is 0 Å². The Hall–Kier alpha value is -1.55. The van der Waals surface area contributed by atoms with Crippen molar-refractivity contribution in [3.05, 3.63) is 30.5 Å². The predicted octanol–water partition coefficient (Wildman–Crippen LogP) is 2.52. The molecular formula is C10H9NO2S. The Morgan fingerprint density at radius 3 is 2.71 bits per heavy atom. The second-order valence-corrected chi connectivity index (χ2v) is 3.77. The predicted molar refractivity (Wildman–Crippen MR) is 55.8 cm³/mol. The van der Waals surface area contributed by atoms with Gasteiger partial charge in [0.1, 0.15) is 5.75 Å². The molecule has 0 bridgehead atoms. The summed E-state index contributed by atoms with van der Waals surface area (Å²) in [6, 6.07) is 7.24. The van der Waals surface area contributed by atoms with Crippen LogP contribution in [0.2, 0.25) is 0 Å². The second kappa shape index (κ2) is 3.67.